The van der Waals surface area contributed by atoms with Gasteiger partial charge in [-0.3, -0.25) is 9.78 Å². The summed E-state index contributed by atoms with van der Waals surface area (Å²) in [5.74, 6) is -0.733. The van der Waals surface area contributed by atoms with Gasteiger partial charge in [0.05, 0.1) is 23.3 Å². The molecule has 0 saturated heterocycles. The number of benzene rings is 1. The second-order valence-corrected chi connectivity index (χ2v) is 8.31. The maximum absolute atomic E-state index is 13.4. The van der Waals surface area contributed by atoms with Crippen molar-refractivity contribution in [3.05, 3.63) is 88.5 Å². The third kappa shape index (κ3) is 4.18. The van der Waals surface area contributed by atoms with Crippen molar-refractivity contribution in [3.8, 4) is 0 Å². The fourth-order valence-corrected chi connectivity index (χ4v) is 4.44. The van der Waals surface area contributed by atoms with E-state index in [2.05, 4.69) is 22.4 Å². The van der Waals surface area contributed by atoms with Gasteiger partial charge in [0.1, 0.15) is 0 Å². The van der Waals surface area contributed by atoms with E-state index in [0.717, 1.165) is 29.8 Å². The van der Waals surface area contributed by atoms with Crippen molar-refractivity contribution in [3.63, 3.8) is 0 Å². The van der Waals surface area contributed by atoms with Gasteiger partial charge in [0.15, 0.2) is 5.78 Å². The molecule has 2 aliphatic rings. The molecule has 1 aliphatic heterocycles. The lowest BCUT2D eigenvalue weighted by atomic mass is 9.73. The molecule has 2 heterocycles. The first-order chi connectivity index (χ1) is 15.0. The van der Waals surface area contributed by atoms with Gasteiger partial charge in [0.25, 0.3) is 0 Å². The van der Waals surface area contributed by atoms with Crippen molar-refractivity contribution in [2.45, 2.75) is 58.0 Å². The number of carbonyl (C=O) groups excluding carboxylic acids is 2. The quantitative estimate of drug-likeness (QED) is 0.710. The van der Waals surface area contributed by atoms with Crippen LogP contribution in [0.2, 0.25) is 0 Å². The van der Waals surface area contributed by atoms with E-state index in [1.165, 1.54) is 0 Å². The molecule has 2 aromatic rings. The van der Waals surface area contributed by atoms with Crippen LogP contribution in [0.1, 0.15) is 63.1 Å². The number of pyridine rings is 1. The Hall–Kier alpha value is -3.21. The van der Waals surface area contributed by atoms with E-state index < -0.39 is 5.92 Å². The van der Waals surface area contributed by atoms with E-state index in [9.17, 15) is 9.59 Å². The summed E-state index contributed by atoms with van der Waals surface area (Å²) < 4.78 is 5.67. The van der Waals surface area contributed by atoms with Crippen LogP contribution in [0.5, 0.6) is 0 Å². The minimum absolute atomic E-state index is 0.0552. The lowest BCUT2D eigenvalue weighted by Crippen LogP contribution is -2.36. The number of rotatable bonds is 5. The molecule has 5 heteroatoms. The van der Waals surface area contributed by atoms with Gasteiger partial charge in [-0.1, -0.05) is 43.3 Å². The lowest BCUT2D eigenvalue weighted by Gasteiger charge is -2.36. The van der Waals surface area contributed by atoms with E-state index in [0.29, 0.717) is 23.3 Å². The molecule has 160 valence electrons. The van der Waals surface area contributed by atoms with E-state index in [1.807, 2.05) is 57.2 Å². The Morgan fingerprint density at radius 3 is 2.58 bits per heavy atom. The highest BCUT2D eigenvalue weighted by Gasteiger charge is 2.42. The molecule has 3 unspecified atom stereocenters. The fourth-order valence-electron chi connectivity index (χ4n) is 4.44. The zero-order valence-electron chi connectivity index (χ0n) is 18.2. The fraction of sp³-hybridized carbons (Fsp3) is 0.346. The molecule has 3 atom stereocenters. The molecule has 0 fully saturated rings. The summed E-state index contributed by atoms with van der Waals surface area (Å²) in [5.41, 5.74) is 4.58. The number of Topliss-reactive ketones (excluding diaryl/α,β-unsaturated/α-hetero) is 1. The SMILES string of the molecule is CCC(C)OC(=O)C1=C(C)NC2=C(C(=O)CC(c3ccccc3)C2)C1c1ccccn1. The summed E-state index contributed by atoms with van der Waals surface area (Å²) in [7, 11) is 0. The highest BCUT2D eigenvalue weighted by atomic mass is 16.5. The van der Waals surface area contributed by atoms with Crippen molar-refractivity contribution in [2.24, 2.45) is 0 Å². The van der Waals surface area contributed by atoms with Gasteiger partial charge in [-0.25, -0.2) is 4.79 Å². The van der Waals surface area contributed by atoms with Gasteiger partial charge >= 0.3 is 5.97 Å². The summed E-state index contributed by atoms with van der Waals surface area (Å²) in [4.78, 5) is 31.1. The van der Waals surface area contributed by atoms with Crippen molar-refractivity contribution in [1.29, 1.82) is 0 Å². The Balaban J connectivity index is 1.76. The van der Waals surface area contributed by atoms with Crippen LogP contribution in [0, 0.1) is 0 Å². The average molecular weight is 417 g/mol. The van der Waals surface area contributed by atoms with Crippen LogP contribution in [0.4, 0.5) is 0 Å². The Morgan fingerprint density at radius 1 is 1.16 bits per heavy atom. The number of nitrogens with one attached hydrogen (secondary N) is 1. The van der Waals surface area contributed by atoms with Gasteiger partial charge in [0, 0.05) is 29.6 Å². The summed E-state index contributed by atoms with van der Waals surface area (Å²) >= 11 is 0. The largest absolute Gasteiger partial charge is 0.459 e. The van der Waals surface area contributed by atoms with E-state index in [4.69, 9.17) is 4.74 Å². The number of esters is 1. The number of aromatic nitrogens is 1. The highest BCUT2D eigenvalue weighted by Crippen LogP contribution is 2.45. The molecule has 0 radical (unpaired) electrons. The first kappa shape index (κ1) is 21.0. The second kappa shape index (κ2) is 8.88. The molecule has 0 bridgehead atoms. The zero-order chi connectivity index (χ0) is 22.0. The zero-order valence-corrected chi connectivity index (χ0v) is 18.2. The number of carbonyl (C=O) groups is 2. The van der Waals surface area contributed by atoms with E-state index in [-0.39, 0.29) is 23.8 Å². The Labute approximate surface area is 183 Å². The van der Waals surface area contributed by atoms with E-state index in [1.54, 1.807) is 6.20 Å². The number of ketones is 1. The molecule has 1 N–H and O–H groups in total. The predicted molar refractivity (Wildman–Crippen MR) is 119 cm³/mol. The summed E-state index contributed by atoms with van der Waals surface area (Å²) in [6, 6.07) is 15.7. The molecular weight excluding hydrogens is 388 g/mol. The Bertz CT molecular complexity index is 1040. The van der Waals surface area contributed by atoms with Crippen molar-refractivity contribution in [2.75, 3.05) is 0 Å². The van der Waals surface area contributed by atoms with Crippen LogP contribution in [0.15, 0.2) is 77.3 Å². The molecule has 1 aliphatic carbocycles. The number of nitrogens with zero attached hydrogens (tertiary/aromatic N) is 1. The van der Waals surface area contributed by atoms with Gasteiger partial charge < -0.3 is 10.1 Å². The predicted octanol–water partition coefficient (Wildman–Crippen LogP) is 4.78. The summed E-state index contributed by atoms with van der Waals surface area (Å²) in [6.45, 7) is 5.73. The minimum Gasteiger partial charge on any atom is -0.459 e. The lowest BCUT2D eigenvalue weighted by molar-refractivity contribution is -0.144. The van der Waals surface area contributed by atoms with Gasteiger partial charge in [-0.15, -0.1) is 0 Å². The molecule has 1 aromatic carbocycles. The van der Waals surface area contributed by atoms with Crippen LogP contribution in [-0.2, 0) is 14.3 Å². The molecular formula is C26H28N2O3. The molecule has 1 aromatic heterocycles. The molecule has 4 rings (SSSR count). The van der Waals surface area contributed by atoms with Gasteiger partial charge in [-0.2, -0.15) is 0 Å². The number of ether oxygens (including phenoxy) is 1. The first-order valence-electron chi connectivity index (χ1n) is 10.9. The van der Waals surface area contributed by atoms with Crippen LogP contribution in [-0.4, -0.2) is 22.8 Å². The maximum Gasteiger partial charge on any atom is 0.337 e. The van der Waals surface area contributed by atoms with Crippen molar-refractivity contribution >= 4 is 11.8 Å². The van der Waals surface area contributed by atoms with Gasteiger partial charge in [0.2, 0.25) is 0 Å². The number of hydrogen-bond acceptors (Lipinski definition) is 5. The van der Waals surface area contributed by atoms with Crippen molar-refractivity contribution in [1.82, 2.24) is 10.3 Å². The molecule has 0 saturated carbocycles. The second-order valence-electron chi connectivity index (χ2n) is 8.31. The smallest absolute Gasteiger partial charge is 0.337 e. The summed E-state index contributed by atoms with van der Waals surface area (Å²) in [5, 5.41) is 3.38. The minimum atomic E-state index is -0.516. The molecule has 0 spiro atoms. The van der Waals surface area contributed by atoms with E-state index >= 15 is 0 Å². The molecule has 31 heavy (non-hydrogen) atoms. The number of allylic oxidation sites excluding steroid dienone is 3. The van der Waals surface area contributed by atoms with Crippen LogP contribution in [0.3, 0.4) is 0 Å². The Morgan fingerprint density at radius 2 is 1.90 bits per heavy atom. The molecule has 0 amide bonds. The van der Waals surface area contributed by atoms with Crippen LogP contribution < -0.4 is 5.32 Å². The van der Waals surface area contributed by atoms with Crippen molar-refractivity contribution < 1.29 is 14.3 Å². The number of dihydropyridines is 1. The van der Waals surface area contributed by atoms with Gasteiger partial charge in [-0.05, 0) is 50.3 Å². The van der Waals surface area contributed by atoms with Crippen LogP contribution in [0.25, 0.3) is 0 Å². The number of hydrogen-bond donors (Lipinski definition) is 1. The molecule has 5 nitrogen and oxygen atoms in total. The normalized spacial score (nSPS) is 22.0. The topological polar surface area (TPSA) is 68.3 Å². The highest BCUT2D eigenvalue weighted by molar-refractivity contribution is 6.04. The third-order valence-corrected chi connectivity index (χ3v) is 6.19. The average Bonchev–Trinajstić information content (AvgIpc) is 2.79. The first-order valence-corrected chi connectivity index (χ1v) is 10.9. The maximum atomic E-state index is 13.4. The monoisotopic (exact) mass is 416 g/mol. The Kier molecular flexibility index (Phi) is 6.03. The van der Waals surface area contributed by atoms with Crippen LogP contribution >= 0.6 is 0 Å². The standard InChI is InChI=1S/C26H28N2O3/c1-4-16(2)31-26(30)23-17(3)28-21-14-19(18-10-6-5-7-11-18)15-22(29)24(21)25(23)20-12-8-9-13-27-20/h5-13,16,19,25,28H,4,14-15H2,1-3H3. The third-order valence-electron chi connectivity index (χ3n) is 6.19. The summed E-state index contributed by atoms with van der Waals surface area (Å²) in [6.07, 6.45) is 3.37.